The second-order valence-electron chi connectivity index (χ2n) is 16.9. The van der Waals surface area contributed by atoms with Crippen LogP contribution in [-0.4, -0.2) is 156 Å². The first kappa shape index (κ1) is 70.4. The predicted molar refractivity (Wildman–Crippen MR) is 285 cm³/mol. The van der Waals surface area contributed by atoms with E-state index in [0.29, 0.717) is 37.4 Å². The second kappa shape index (κ2) is 33.3. The van der Waals surface area contributed by atoms with Gasteiger partial charge in [0.1, 0.15) is 36.6 Å². The van der Waals surface area contributed by atoms with Crippen LogP contribution < -0.4 is 40.1 Å². The number of hydrogen-bond acceptors (Lipinski definition) is 17. The van der Waals surface area contributed by atoms with Gasteiger partial charge in [0.05, 0.1) is 42.0 Å². The number of nitrogens with two attached hydrogens (primary N) is 7. The van der Waals surface area contributed by atoms with Gasteiger partial charge in [0.25, 0.3) is 0 Å². The van der Waals surface area contributed by atoms with Crippen LogP contribution in [0.3, 0.4) is 0 Å². The number of ether oxygens (including phenoxy) is 5. The number of rotatable bonds is 19. The highest BCUT2D eigenvalue weighted by Crippen LogP contribution is 2.37. The van der Waals surface area contributed by atoms with Crippen LogP contribution in [0.4, 0.5) is 0 Å². The maximum Gasteiger partial charge on any atom is 0.239 e. The van der Waals surface area contributed by atoms with E-state index in [-0.39, 0.29) is 125 Å². The van der Waals surface area contributed by atoms with Gasteiger partial charge in [-0.15, -0.1) is 86.8 Å². The molecule has 402 valence electrons. The molecule has 1 aliphatic carbocycles. The van der Waals surface area contributed by atoms with Crippen LogP contribution in [0, 0.1) is 0 Å². The van der Waals surface area contributed by atoms with Crippen molar-refractivity contribution in [1.82, 2.24) is 4.90 Å². The average Bonchev–Trinajstić information content (AvgIpc) is 3.26. The zero-order valence-electron chi connectivity index (χ0n) is 37.9. The fourth-order valence-electron chi connectivity index (χ4n) is 8.88. The first-order chi connectivity index (χ1) is 29.8. The number of fused-ring (bicyclic) bond motifs is 2. The Labute approximate surface area is 452 Å². The standard InChI is InChI=1S/C43H67ClN8O10.7ClH/c44-34-24-11-3-1-9-22(24)26(23-10-2-4-12-25(23)34)20-52(41(57)27(47)13-5-6-14-45)15-7-8-16-58-40-38(61-42-30(50)18-31(54)32(19-46)59-42)28(48)17-29(49)39(40)62-43-37(56)35(51)36(55)33(21-53)60-43;;;;;;;/h1-4,9-12,27-33,35-40,42-43,53-56H,5-8,13-21,45-51H2;7*1H/t27-,28-,29+,30+,31-,32+,33+,35-,36+,37+,38+,39-,40-,42+,43+;;;;;;;/m0......./s1. The number of nitrogens with zero attached hydrogens (tertiary/aromatic N) is 1. The molecule has 15 atom stereocenters. The van der Waals surface area contributed by atoms with E-state index in [1.807, 2.05) is 48.5 Å². The maximum atomic E-state index is 14.2. The van der Waals surface area contributed by atoms with E-state index in [1.54, 1.807) is 4.90 Å². The fourth-order valence-corrected chi connectivity index (χ4v) is 9.21. The first-order valence-electron chi connectivity index (χ1n) is 21.7. The van der Waals surface area contributed by atoms with Gasteiger partial charge in [-0.2, -0.15) is 0 Å². The lowest BCUT2D eigenvalue weighted by atomic mass is 9.84. The quantitative estimate of drug-likeness (QED) is 0.0603. The van der Waals surface area contributed by atoms with Crippen LogP contribution in [0.5, 0.6) is 0 Å². The number of hydrogen-bond donors (Lipinski definition) is 11. The molecular formula is C43H74Cl8N8O10. The SMILES string of the molecule is Cl.Cl.Cl.Cl.Cl.Cl.Cl.NCCCC[C@H](N)C(=O)N(CCCCO[C@@H]1[C@@H](O[C@H]2O[C@H](CO)[C@@H](O)[C@H](N)[C@H]2O)[C@H](N)C[C@H](N)[C@H]1O[C@H]1O[C@H](CN)[C@@H](O)C[C@H]1N)Cc1c2ccccc2c(Cl)c2ccccc12. The molecule has 3 aliphatic rings. The van der Waals surface area contributed by atoms with Crippen LogP contribution in [0.15, 0.2) is 48.5 Å². The third-order valence-corrected chi connectivity index (χ3v) is 12.9. The lowest BCUT2D eigenvalue weighted by Gasteiger charge is -2.49. The van der Waals surface area contributed by atoms with Crippen molar-refractivity contribution in [3.8, 4) is 0 Å². The molecule has 2 saturated heterocycles. The summed E-state index contributed by atoms with van der Waals surface area (Å²) in [5.41, 5.74) is 45.0. The summed E-state index contributed by atoms with van der Waals surface area (Å²) >= 11 is 6.92. The summed E-state index contributed by atoms with van der Waals surface area (Å²) in [6, 6.07) is 11.7. The Hall–Kier alpha value is -0.670. The van der Waals surface area contributed by atoms with Crippen molar-refractivity contribution in [2.45, 2.75) is 143 Å². The molecule has 1 saturated carbocycles. The minimum atomic E-state index is -1.49. The van der Waals surface area contributed by atoms with Crippen molar-refractivity contribution in [2.75, 3.05) is 32.8 Å². The molecule has 26 heteroatoms. The molecule has 0 spiro atoms. The highest BCUT2D eigenvalue weighted by molar-refractivity contribution is 6.41. The molecule has 69 heavy (non-hydrogen) atoms. The Bertz CT molecular complexity index is 1880. The Kier molecular flexibility index (Phi) is 34.0. The van der Waals surface area contributed by atoms with Gasteiger partial charge in [-0.1, -0.05) is 66.6 Å². The number of unbranched alkanes of at least 4 members (excludes halogenated alkanes) is 2. The molecule has 0 aromatic heterocycles. The predicted octanol–water partition coefficient (Wildman–Crippen LogP) is 1.91. The molecular weight excluding hydrogens is 1070 g/mol. The highest BCUT2D eigenvalue weighted by atomic mass is 35.5. The Morgan fingerprint density at radius 3 is 1.78 bits per heavy atom. The minimum Gasteiger partial charge on any atom is -0.394 e. The topological polar surface area (TPSA) is 330 Å². The van der Waals surface area contributed by atoms with Gasteiger partial charge in [0.2, 0.25) is 5.91 Å². The van der Waals surface area contributed by atoms with Crippen LogP contribution in [-0.2, 0) is 35.0 Å². The van der Waals surface area contributed by atoms with Crippen molar-refractivity contribution in [2.24, 2.45) is 40.1 Å². The van der Waals surface area contributed by atoms with Gasteiger partial charge in [-0.05, 0) is 61.4 Å². The van der Waals surface area contributed by atoms with Gasteiger partial charge < -0.3 is 89.1 Å². The van der Waals surface area contributed by atoms with Crippen LogP contribution >= 0.6 is 98.5 Å². The summed E-state index contributed by atoms with van der Waals surface area (Å²) in [7, 11) is 0. The third-order valence-electron chi connectivity index (χ3n) is 12.4. The molecule has 18 nitrogen and oxygen atoms in total. The number of benzene rings is 3. The monoisotopic (exact) mass is 1140 g/mol. The van der Waals surface area contributed by atoms with E-state index in [9.17, 15) is 25.2 Å². The molecule has 3 aromatic rings. The Morgan fingerprint density at radius 1 is 0.710 bits per heavy atom. The normalized spacial score (nSPS) is 30.1. The molecule has 1 amide bonds. The highest BCUT2D eigenvalue weighted by Gasteiger charge is 2.51. The summed E-state index contributed by atoms with van der Waals surface area (Å²) < 4.78 is 31.1. The van der Waals surface area contributed by atoms with Gasteiger partial charge >= 0.3 is 0 Å². The van der Waals surface area contributed by atoms with Crippen molar-refractivity contribution < 1.29 is 48.9 Å². The Morgan fingerprint density at radius 2 is 1.25 bits per heavy atom. The number of halogens is 8. The summed E-state index contributed by atoms with van der Waals surface area (Å²) in [6.07, 6.45) is -7.64. The number of carbonyl (C=O) groups excluding carboxylic acids is 1. The second-order valence-corrected chi connectivity index (χ2v) is 17.2. The van der Waals surface area contributed by atoms with E-state index >= 15 is 0 Å². The summed E-state index contributed by atoms with van der Waals surface area (Å²) in [5, 5.41) is 46.2. The van der Waals surface area contributed by atoms with Crippen molar-refractivity contribution >= 4 is 126 Å². The summed E-state index contributed by atoms with van der Waals surface area (Å²) in [6.45, 7) is 0.722. The first-order valence-corrected chi connectivity index (χ1v) is 22.1. The number of aliphatic hydroxyl groups excluding tert-OH is 4. The molecule has 2 heterocycles. The zero-order valence-corrected chi connectivity index (χ0v) is 44.4. The average molecular weight is 1150 g/mol. The molecule has 0 radical (unpaired) electrons. The van der Waals surface area contributed by atoms with Crippen LogP contribution in [0.1, 0.15) is 50.5 Å². The van der Waals surface area contributed by atoms with Gasteiger partial charge in [-0.25, -0.2) is 0 Å². The fraction of sp³-hybridized carbons (Fsp3) is 0.651. The zero-order chi connectivity index (χ0) is 44.7. The van der Waals surface area contributed by atoms with Crippen molar-refractivity contribution in [1.29, 1.82) is 0 Å². The van der Waals surface area contributed by atoms with Gasteiger partial charge in [-0.3, -0.25) is 4.79 Å². The van der Waals surface area contributed by atoms with Crippen LogP contribution in [0.25, 0.3) is 21.5 Å². The van der Waals surface area contributed by atoms with Gasteiger partial charge in [0, 0.05) is 49.1 Å². The molecule has 2 aliphatic heterocycles. The number of amides is 1. The molecule has 6 rings (SSSR count). The van der Waals surface area contributed by atoms with E-state index in [2.05, 4.69) is 0 Å². The molecule has 0 unspecified atom stereocenters. The summed E-state index contributed by atoms with van der Waals surface area (Å²) in [5.74, 6) is -0.183. The minimum absolute atomic E-state index is 0. The number of aliphatic hydroxyl groups is 4. The van der Waals surface area contributed by atoms with E-state index in [1.165, 1.54) is 0 Å². The lowest BCUT2D eigenvalue weighted by molar-refractivity contribution is -0.318. The molecule has 3 fully saturated rings. The van der Waals surface area contributed by atoms with Crippen molar-refractivity contribution in [3.05, 3.63) is 59.1 Å². The largest absolute Gasteiger partial charge is 0.394 e. The van der Waals surface area contributed by atoms with Crippen LogP contribution in [0.2, 0.25) is 5.02 Å². The van der Waals surface area contributed by atoms with E-state index in [0.717, 1.165) is 39.9 Å². The molecule has 3 aromatic carbocycles. The van der Waals surface area contributed by atoms with Gasteiger partial charge in [0.15, 0.2) is 12.6 Å². The molecule has 18 N–H and O–H groups in total. The Balaban J connectivity index is 0. The van der Waals surface area contributed by atoms with E-state index in [4.69, 9.17) is 75.4 Å². The smallest absolute Gasteiger partial charge is 0.239 e. The number of carbonyl (C=O) groups is 1. The van der Waals surface area contributed by atoms with E-state index < -0.39 is 98.2 Å². The summed E-state index contributed by atoms with van der Waals surface area (Å²) in [4.78, 5) is 16.0. The molecule has 0 bridgehead atoms. The lowest BCUT2D eigenvalue weighted by Crippen LogP contribution is -2.68. The maximum absolute atomic E-state index is 14.2. The van der Waals surface area contributed by atoms with Crippen molar-refractivity contribution in [3.63, 3.8) is 0 Å². The third kappa shape index (κ3) is 16.9.